The summed E-state index contributed by atoms with van der Waals surface area (Å²) in [6.45, 7) is 2.34. The topological polar surface area (TPSA) is 38.0 Å². The Labute approximate surface area is 123 Å². The number of nitrogens with two attached hydrogens (primary N) is 1. The van der Waals surface area contributed by atoms with Crippen molar-refractivity contribution in [2.24, 2.45) is 23.6 Å². The van der Waals surface area contributed by atoms with Crippen LogP contribution in [0.1, 0.15) is 50.2 Å². The minimum absolute atomic E-state index is 0.497. The summed E-state index contributed by atoms with van der Waals surface area (Å²) < 4.78 is 0. The standard InChI is InChI=1S/C18H28N2/c1-2-13-6-5-9-16(10-13)18(20-19)17-11-14-7-3-4-8-15(14)12-17/h3-4,7-8,13,16-18,20H,2,5-6,9-12,19H2,1H3. The van der Waals surface area contributed by atoms with Crippen LogP contribution >= 0.6 is 0 Å². The van der Waals surface area contributed by atoms with E-state index in [1.165, 1.54) is 44.9 Å². The lowest BCUT2D eigenvalue weighted by Crippen LogP contribution is -2.47. The van der Waals surface area contributed by atoms with Crippen LogP contribution in [-0.2, 0) is 12.8 Å². The van der Waals surface area contributed by atoms with Crippen molar-refractivity contribution in [2.75, 3.05) is 0 Å². The zero-order valence-corrected chi connectivity index (χ0v) is 12.6. The van der Waals surface area contributed by atoms with Crippen molar-refractivity contribution in [3.8, 4) is 0 Å². The van der Waals surface area contributed by atoms with Crippen LogP contribution < -0.4 is 11.3 Å². The van der Waals surface area contributed by atoms with Crippen LogP contribution in [-0.4, -0.2) is 6.04 Å². The monoisotopic (exact) mass is 272 g/mol. The van der Waals surface area contributed by atoms with E-state index in [1.54, 1.807) is 11.1 Å². The Morgan fingerprint density at radius 1 is 1.15 bits per heavy atom. The Hall–Kier alpha value is -0.860. The molecule has 0 saturated heterocycles. The number of fused-ring (bicyclic) bond motifs is 1. The zero-order chi connectivity index (χ0) is 13.9. The molecular weight excluding hydrogens is 244 g/mol. The van der Waals surface area contributed by atoms with Crippen LogP contribution in [0.15, 0.2) is 24.3 Å². The molecule has 1 aromatic rings. The molecule has 2 heteroatoms. The van der Waals surface area contributed by atoms with Gasteiger partial charge in [-0.15, -0.1) is 0 Å². The molecule has 1 saturated carbocycles. The fourth-order valence-electron chi connectivity index (χ4n) is 4.53. The van der Waals surface area contributed by atoms with Crippen molar-refractivity contribution >= 4 is 0 Å². The molecule has 20 heavy (non-hydrogen) atoms. The zero-order valence-electron chi connectivity index (χ0n) is 12.6. The summed E-state index contributed by atoms with van der Waals surface area (Å²) in [7, 11) is 0. The maximum absolute atomic E-state index is 5.96. The van der Waals surface area contributed by atoms with E-state index in [-0.39, 0.29) is 0 Å². The number of hydrogen-bond acceptors (Lipinski definition) is 2. The smallest absolute Gasteiger partial charge is 0.0273 e. The Morgan fingerprint density at radius 3 is 2.45 bits per heavy atom. The molecule has 1 aromatic carbocycles. The second-order valence-electron chi connectivity index (χ2n) is 6.83. The third kappa shape index (κ3) is 2.77. The van der Waals surface area contributed by atoms with Gasteiger partial charge in [0.25, 0.3) is 0 Å². The number of nitrogens with one attached hydrogen (secondary N) is 1. The molecule has 0 amide bonds. The molecule has 110 valence electrons. The lowest BCUT2D eigenvalue weighted by Gasteiger charge is -2.37. The van der Waals surface area contributed by atoms with E-state index in [1.807, 2.05) is 0 Å². The summed E-state index contributed by atoms with van der Waals surface area (Å²) in [4.78, 5) is 0. The summed E-state index contributed by atoms with van der Waals surface area (Å²) >= 11 is 0. The molecule has 2 nitrogen and oxygen atoms in total. The van der Waals surface area contributed by atoms with Gasteiger partial charge in [0.15, 0.2) is 0 Å². The molecule has 2 aliphatic carbocycles. The predicted octanol–water partition coefficient (Wildman–Crippen LogP) is 3.45. The molecule has 0 heterocycles. The highest BCUT2D eigenvalue weighted by molar-refractivity contribution is 5.32. The molecule has 2 aliphatic rings. The summed E-state index contributed by atoms with van der Waals surface area (Å²) in [5.41, 5.74) is 6.28. The number of benzene rings is 1. The van der Waals surface area contributed by atoms with E-state index in [2.05, 4.69) is 36.6 Å². The van der Waals surface area contributed by atoms with Crippen LogP contribution in [0.2, 0.25) is 0 Å². The normalized spacial score (nSPS) is 28.3. The van der Waals surface area contributed by atoms with Crippen LogP contribution in [0.4, 0.5) is 0 Å². The molecule has 0 radical (unpaired) electrons. The van der Waals surface area contributed by atoms with Gasteiger partial charge in [0.2, 0.25) is 0 Å². The Morgan fingerprint density at radius 2 is 1.85 bits per heavy atom. The summed E-state index contributed by atoms with van der Waals surface area (Å²) in [5.74, 6) is 8.35. The molecule has 3 rings (SSSR count). The highest BCUT2D eigenvalue weighted by Gasteiger charge is 2.35. The Balaban J connectivity index is 1.69. The second kappa shape index (κ2) is 6.28. The van der Waals surface area contributed by atoms with Crippen LogP contribution in [0.3, 0.4) is 0 Å². The van der Waals surface area contributed by atoms with Crippen molar-refractivity contribution in [1.29, 1.82) is 0 Å². The van der Waals surface area contributed by atoms with Gasteiger partial charge in [-0.2, -0.15) is 0 Å². The minimum atomic E-state index is 0.497. The first-order valence-electron chi connectivity index (χ1n) is 8.34. The number of rotatable bonds is 4. The molecule has 0 aliphatic heterocycles. The summed E-state index contributed by atoms with van der Waals surface area (Å²) in [6, 6.07) is 9.41. The van der Waals surface area contributed by atoms with Gasteiger partial charge >= 0.3 is 0 Å². The second-order valence-corrected chi connectivity index (χ2v) is 6.83. The van der Waals surface area contributed by atoms with Crippen LogP contribution in [0.25, 0.3) is 0 Å². The largest absolute Gasteiger partial charge is 0.271 e. The number of hydrogen-bond donors (Lipinski definition) is 2. The van der Waals surface area contributed by atoms with E-state index in [0.717, 1.165) is 11.8 Å². The van der Waals surface area contributed by atoms with Gasteiger partial charge in [-0.3, -0.25) is 11.3 Å². The molecular formula is C18H28N2. The van der Waals surface area contributed by atoms with Crippen molar-refractivity contribution in [2.45, 2.75) is 57.9 Å². The van der Waals surface area contributed by atoms with Crippen molar-refractivity contribution in [1.82, 2.24) is 5.43 Å². The molecule has 3 unspecified atom stereocenters. The van der Waals surface area contributed by atoms with Gasteiger partial charge in [0.1, 0.15) is 0 Å². The van der Waals surface area contributed by atoms with Crippen molar-refractivity contribution in [3.63, 3.8) is 0 Å². The lowest BCUT2D eigenvalue weighted by atomic mass is 9.73. The molecule has 3 atom stereocenters. The van der Waals surface area contributed by atoms with Gasteiger partial charge in [-0.25, -0.2) is 0 Å². The van der Waals surface area contributed by atoms with Crippen LogP contribution in [0, 0.1) is 17.8 Å². The van der Waals surface area contributed by atoms with Gasteiger partial charge < -0.3 is 0 Å². The summed E-state index contributed by atoms with van der Waals surface area (Å²) in [5, 5.41) is 0. The van der Waals surface area contributed by atoms with E-state index in [0.29, 0.717) is 12.0 Å². The summed E-state index contributed by atoms with van der Waals surface area (Å²) in [6.07, 6.45) is 9.29. The highest BCUT2D eigenvalue weighted by atomic mass is 15.2. The molecule has 3 N–H and O–H groups in total. The highest BCUT2D eigenvalue weighted by Crippen LogP contribution is 2.38. The lowest BCUT2D eigenvalue weighted by molar-refractivity contribution is 0.170. The van der Waals surface area contributed by atoms with Gasteiger partial charge in [0, 0.05) is 6.04 Å². The third-order valence-corrected chi connectivity index (χ3v) is 5.69. The molecule has 0 aromatic heterocycles. The first kappa shape index (κ1) is 14.1. The molecule has 0 spiro atoms. The average Bonchev–Trinajstić information content (AvgIpc) is 2.91. The maximum atomic E-state index is 5.96. The van der Waals surface area contributed by atoms with Crippen molar-refractivity contribution in [3.05, 3.63) is 35.4 Å². The fraction of sp³-hybridized carbons (Fsp3) is 0.667. The average molecular weight is 272 g/mol. The Kier molecular flexibility index (Phi) is 4.42. The van der Waals surface area contributed by atoms with E-state index >= 15 is 0 Å². The minimum Gasteiger partial charge on any atom is -0.271 e. The quantitative estimate of drug-likeness (QED) is 0.651. The maximum Gasteiger partial charge on any atom is 0.0273 e. The first-order chi connectivity index (χ1) is 9.81. The number of hydrazine groups is 1. The molecule has 1 fully saturated rings. The SMILES string of the molecule is CCC1CCCC(C(NN)C2Cc3ccccc3C2)C1. The van der Waals surface area contributed by atoms with Crippen LogP contribution in [0.5, 0.6) is 0 Å². The fourth-order valence-corrected chi connectivity index (χ4v) is 4.53. The van der Waals surface area contributed by atoms with E-state index in [9.17, 15) is 0 Å². The van der Waals surface area contributed by atoms with Gasteiger partial charge in [-0.05, 0) is 54.6 Å². The van der Waals surface area contributed by atoms with Crippen molar-refractivity contribution < 1.29 is 0 Å². The predicted molar refractivity (Wildman–Crippen MR) is 84.2 cm³/mol. The van der Waals surface area contributed by atoms with Gasteiger partial charge in [0.05, 0.1) is 0 Å². The van der Waals surface area contributed by atoms with Gasteiger partial charge in [-0.1, -0.05) is 50.5 Å². The Bertz CT molecular complexity index is 418. The molecule has 0 bridgehead atoms. The van der Waals surface area contributed by atoms with E-state index < -0.39 is 0 Å². The van der Waals surface area contributed by atoms with E-state index in [4.69, 9.17) is 5.84 Å². The first-order valence-corrected chi connectivity index (χ1v) is 8.34. The third-order valence-electron chi connectivity index (χ3n) is 5.69.